The largest absolute Gasteiger partial charge is 0.497 e. The molecule has 0 aliphatic rings. The number of halogens is 3. The number of methoxy groups -OCH3 is 1. The molecule has 0 saturated heterocycles. The SMILES string of the molecule is CCOC(=O)CCc1cc(OC)ccc1C(F)(F)F. The lowest BCUT2D eigenvalue weighted by molar-refractivity contribution is -0.144. The fraction of sp³-hybridized carbons (Fsp3) is 0.462. The minimum Gasteiger partial charge on any atom is -0.497 e. The molecule has 0 fully saturated rings. The number of carbonyl (C=O) groups excluding carboxylic acids is 1. The summed E-state index contributed by atoms with van der Waals surface area (Å²) in [5, 5.41) is 0. The summed E-state index contributed by atoms with van der Waals surface area (Å²) < 4.78 is 48.0. The normalized spacial score (nSPS) is 11.2. The first-order valence-electron chi connectivity index (χ1n) is 5.78. The molecule has 1 rings (SSSR count). The van der Waals surface area contributed by atoms with E-state index in [0.717, 1.165) is 6.07 Å². The molecule has 0 N–H and O–H groups in total. The predicted molar refractivity (Wildman–Crippen MR) is 63.0 cm³/mol. The highest BCUT2D eigenvalue weighted by molar-refractivity contribution is 5.69. The minimum absolute atomic E-state index is 0.0277. The highest BCUT2D eigenvalue weighted by atomic mass is 19.4. The molecule has 0 bridgehead atoms. The number of hydrogen-bond acceptors (Lipinski definition) is 3. The van der Waals surface area contributed by atoms with Gasteiger partial charge in [0.2, 0.25) is 0 Å². The Kier molecular flexibility index (Phi) is 5.20. The van der Waals surface area contributed by atoms with Crippen LogP contribution in [0, 0.1) is 0 Å². The Morgan fingerprint density at radius 2 is 2.00 bits per heavy atom. The van der Waals surface area contributed by atoms with E-state index in [0.29, 0.717) is 5.75 Å². The fourth-order valence-corrected chi connectivity index (χ4v) is 1.65. The lowest BCUT2D eigenvalue weighted by atomic mass is 10.0. The van der Waals surface area contributed by atoms with Crippen molar-refractivity contribution in [3.63, 3.8) is 0 Å². The van der Waals surface area contributed by atoms with Crippen molar-refractivity contribution in [3.05, 3.63) is 29.3 Å². The van der Waals surface area contributed by atoms with Crippen molar-refractivity contribution in [2.75, 3.05) is 13.7 Å². The topological polar surface area (TPSA) is 35.5 Å². The van der Waals surface area contributed by atoms with Gasteiger partial charge in [-0.05, 0) is 37.1 Å². The Morgan fingerprint density at radius 3 is 2.53 bits per heavy atom. The highest BCUT2D eigenvalue weighted by Crippen LogP contribution is 2.34. The lowest BCUT2D eigenvalue weighted by Gasteiger charge is -2.13. The summed E-state index contributed by atoms with van der Waals surface area (Å²) in [5.74, 6) is -0.190. The van der Waals surface area contributed by atoms with Crippen LogP contribution in [0.25, 0.3) is 0 Å². The van der Waals surface area contributed by atoms with Gasteiger partial charge < -0.3 is 9.47 Å². The van der Waals surface area contributed by atoms with E-state index in [1.807, 2.05) is 0 Å². The fourth-order valence-electron chi connectivity index (χ4n) is 1.65. The Balaban J connectivity index is 2.92. The van der Waals surface area contributed by atoms with Gasteiger partial charge in [-0.3, -0.25) is 4.79 Å². The molecular weight excluding hydrogens is 261 g/mol. The molecule has 6 heteroatoms. The van der Waals surface area contributed by atoms with E-state index < -0.39 is 17.7 Å². The molecule has 0 spiro atoms. The van der Waals surface area contributed by atoms with E-state index in [1.54, 1.807) is 6.92 Å². The third-order valence-corrected chi connectivity index (χ3v) is 2.52. The number of esters is 1. The van der Waals surface area contributed by atoms with Gasteiger partial charge in [0.05, 0.1) is 19.3 Å². The number of aryl methyl sites for hydroxylation is 1. The molecule has 106 valence electrons. The molecule has 0 radical (unpaired) electrons. The van der Waals surface area contributed by atoms with Crippen LogP contribution in [-0.2, 0) is 22.1 Å². The molecule has 0 amide bonds. The van der Waals surface area contributed by atoms with Crippen LogP contribution >= 0.6 is 0 Å². The van der Waals surface area contributed by atoms with Crippen molar-refractivity contribution in [2.24, 2.45) is 0 Å². The molecule has 0 aliphatic heterocycles. The summed E-state index contributed by atoms with van der Waals surface area (Å²) >= 11 is 0. The predicted octanol–water partition coefficient (Wildman–Crippen LogP) is 3.21. The number of alkyl halides is 3. The summed E-state index contributed by atoms with van der Waals surface area (Å²) in [6, 6.07) is 3.50. The molecule has 0 saturated carbocycles. The van der Waals surface area contributed by atoms with E-state index in [1.165, 1.54) is 19.2 Å². The standard InChI is InChI=1S/C13H15F3O3/c1-3-19-12(17)7-4-9-8-10(18-2)5-6-11(9)13(14,15)16/h5-6,8H,3-4,7H2,1-2H3. The maximum absolute atomic E-state index is 12.8. The molecule has 19 heavy (non-hydrogen) atoms. The molecule has 3 nitrogen and oxygen atoms in total. The van der Waals surface area contributed by atoms with Gasteiger partial charge in [0.25, 0.3) is 0 Å². The third-order valence-electron chi connectivity index (χ3n) is 2.52. The maximum Gasteiger partial charge on any atom is 0.416 e. The molecule has 0 atom stereocenters. The summed E-state index contributed by atoms with van der Waals surface area (Å²) in [4.78, 5) is 11.2. The van der Waals surface area contributed by atoms with Gasteiger partial charge in [0, 0.05) is 6.42 Å². The van der Waals surface area contributed by atoms with Crippen LogP contribution in [0.15, 0.2) is 18.2 Å². The van der Waals surface area contributed by atoms with Gasteiger partial charge in [-0.15, -0.1) is 0 Å². The van der Waals surface area contributed by atoms with Crippen molar-refractivity contribution in [1.29, 1.82) is 0 Å². The van der Waals surface area contributed by atoms with Crippen molar-refractivity contribution in [1.82, 2.24) is 0 Å². The molecule has 0 aromatic heterocycles. The zero-order valence-electron chi connectivity index (χ0n) is 10.7. The van der Waals surface area contributed by atoms with E-state index in [4.69, 9.17) is 9.47 Å². The van der Waals surface area contributed by atoms with Crippen molar-refractivity contribution in [3.8, 4) is 5.75 Å². The number of carbonyl (C=O) groups is 1. The third kappa shape index (κ3) is 4.46. The van der Waals surface area contributed by atoms with Gasteiger partial charge in [-0.25, -0.2) is 0 Å². The van der Waals surface area contributed by atoms with E-state index >= 15 is 0 Å². The van der Waals surface area contributed by atoms with E-state index in [2.05, 4.69) is 0 Å². The number of benzene rings is 1. The molecule has 0 unspecified atom stereocenters. The second-order valence-electron chi connectivity index (χ2n) is 3.83. The van der Waals surface area contributed by atoms with Crippen LogP contribution in [0.3, 0.4) is 0 Å². The van der Waals surface area contributed by atoms with Crippen LogP contribution in [0.4, 0.5) is 13.2 Å². The maximum atomic E-state index is 12.8. The van der Waals surface area contributed by atoms with E-state index in [9.17, 15) is 18.0 Å². The summed E-state index contributed by atoms with van der Waals surface area (Å²) in [5.41, 5.74) is -0.725. The molecule has 0 heterocycles. The molecule has 1 aromatic rings. The van der Waals surface area contributed by atoms with Crippen LogP contribution in [0.2, 0.25) is 0 Å². The summed E-state index contributed by atoms with van der Waals surface area (Å²) in [6.07, 6.45) is -4.58. The molecular formula is C13H15F3O3. The highest BCUT2D eigenvalue weighted by Gasteiger charge is 2.33. The van der Waals surface area contributed by atoms with Crippen LogP contribution < -0.4 is 4.74 Å². The summed E-state index contributed by atoms with van der Waals surface area (Å²) in [6.45, 7) is 1.85. The zero-order valence-corrected chi connectivity index (χ0v) is 10.7. The first-order valence-corrected chi connectivity index (χ1v) is 5.78. The van der Waals surface area contributed by atoms with Gasteiger partial charge in [0.1, 0.15) is 5.75 Å². The second-order valence-corrected chi connectivity index (χ2v) is 3.83. The Hall–Kier alpha value is -1.72. The molecule has 1 aromatic carbocycles. The lowest BCUT2D eigenvalue weighted by Crippen LogP contribution is -2.11. The quantitative estimate of drug-likeness (QED) is 0.775. The second kappa shape index (κ2) is 6.45. The first-order chi connectivity index (χ1) is 8.88. The Bertz CT molecular complexity index is 441. The zero-order chi connectivity index (χ0) is 14.5. The average molecular weight is 276 g/mol. The Labute approximate surface area is 109 Å². The van der Waals surface area contributed by atoms with E-state index in [-0.39, 0.29) is 25.0 Å². The van der Waals surface area contributed by atoms with Gasteiger partial charge >= 0.3 is 12.1 Å². The minimum atomic E-state index is -4.45. The summed E-state index contributed by atoms with van der Waals surface area (Å²) in [7, 11) is 1.37. The van der Waals surface area contributed by atoms with Crippen LogP contribution in [0.1, 0.15) is 24.5 Å². The van der Waals surface area contributed by atoms with Gasteiger partial charge in [-0.2, -0.15) is 13.2 Å². The van der Waals surface area contributed by atoms with Crippen LogP contribution in [-0.4, -0.2) is 19.7 Å². The monoisotopic (exact) mass is 276 g/mol. The smallest absolute Gasteiger partial charge is 0.416 e. The molecule has 0 aliphatic carbocycles. The first kappa shape index (κ1) is 15.3. The van der Waals surface area contributed by atoms with Crippen molar-refractivity contribution < 1.29 is 27.4 Å². The number of ether oxygens (including phenoxy) is 2. The van der Waals surface area contributed by atoms with Crippen molar-refractivity contribution >= 4 is 5.97 Å². The van der Waals surface area contributed by atoms with Crippen molar-refractivity contribution in [2.45, 2.75) is 25.9 Å². The Morgan fingerprint density at radius 1 is 1.32 bits per heavy atom. The average Bonchev–Trinajstić information content (AvgIpc) is 2.35. The van der Waals surface area contributed by atoms with Crippen LogP contribution in [0.5, 0.6) is 5.75 Å². The number of rotatable bonds is 5. The van der Waals surface area contributed by atoms with Gasteiger partial charge in [-0.1, -0.05) is 0 Å². The van der Waals surface area contributed by atoms with Gasteiger partial charge in [0.15, 0.2) is 0 Å². The number of hydrogen-bond donors (Lipinski definition) is 0.